The predicted molar refractivity (Wildman–Crippen MR) is 82.0 cm³/mol. The van der Waals surface area contributed by atoms with E-state index in [4.69, 9.17) is 4.74 Å². The summed E-state index contributed by atoms with van der Waals surface area (Å²) >= 11 is 0. The third-order valence-corrected chi connectivity index (χ3v) is 2.96. The van der Waals surface area contributed by atoms with E-state index in [1.165, 1.54) is 5.56 Å². The van der Waals surface area contributed by atoms with Gasteiger partial charge in [-0.15, -0.1) is 0 Å². The lowest BCUT2D eigenvalue weighted by molar-refractivity contribution is -0.119. The molecule has 20 heavy (non-hydrogen) atoms. The molecule has 0 heterocycles. The van der Waals surface area contributed by atoms with Crippen LogP contribution in [0.4, 0.5) is 5.69 Å². The highest BCUT2D eigenvalue weighted by atomic mass is 16.5. The first-order valence-electron chi connectivity index (χ1n) is 6.94. The number of ether oxygens (including phenoxy) is 1. The lowest BCUT2D eigenvalue weighted by atomic mass is 10.1. The molecule has 0 unspecified atom stereocenters. The standard InChI is InChI=1S/C15H25N3O2/c1-4-17-15(19)12-18(2)14-8-6-5-7-13(14)11-16-9-10-20-3/h5-8,16H,4,9-12H2,1-3H3,(H,17,19). The molecule has 112 valence electrons. The highest BCUT2D eigenvalue weighted by molar-refractivity contribution is 5.81. The number of anilines is 1. The van der Waals surface area contributed by atoms with Crippen molar-refractivity contribution in [1.82, 2.24) is 10.6 Å². The van der Waals surface area contributed by atoms with E-state index in [0.29, 0.717) is 19.7 Å². The molecule has 0 bridgehead atoms. The van der Waals surface area contributed by atoms with Gasteiger partial charge >= 0.3 is 0 Å². The quantitative estimate of drug-likeness (QED) is 0.662. The Labute approximate surface area is 121 Å². The maximum atomic E-state index is 11.7. The normalized spacial score (nSPS) is 10.3. The van der Waals surface area contributed by atoms with Gasteiger partial charge in [-0.3, -0.25) is 4.79 Å². The van der Waals surface area contributed by atoms with Crippen LogP contribution in [0.25, 0.3) is 0 Å². The molecule has 2 N–H and O–H groups in total. The molecule has 0 aliphatic carbocycles. The van der Waals surface area contributed by atoms with Gasteiger partial charge in [0.25, 0.3) is 0 Å². The molecule has 1 aromatic rings. The van der Waals surface area contributed by atoms with E-state index in [2.05, 4.69) is 16.7 Å². The molecule has 1 rings (SSSR count). The Morgan fingerprint density at radius 1 is 1.35 bits per heavy atom. The molecule has 0 aliphatic rings. The predicted octanol–water partition coefficient (Wildman–Crippen LogP) is 0.995. The zero-order chi connectivity index (χ0) is 14.8. The number of hydrogen-bond acceptors (Lipinski definition) is 4. The number of nitrogens with zero attached hydrogens (tertiary/aromatic N) is 1. The Hall–Kier alpha value is -1.59. The van der Waals surface area contributed by atoms with Gasteiger partial charge in [0.2, 0.25) is 5.91 Å². The Morgan fingerprint density at radius 3 is 2.80 bits per heavy atom. The molecule has 0 aliphatic heterocycles. The monoisotopic (exact) mass is 279 g/mol. The van der Waals surface area contributed by atoms with Gasteiger partial charge in [-0.25, -0.2) is 0 Å². The second-order valence-corrected chi connectivity index (χ2v) is 4.61. The first-order valence-corrected chi connectivity index (χ1v) is 6.94. The van der Waals surface area contributed by atoms with Gasteiger partial charge in [0.05, 0.1) is 13.2 Å². The summed E-state index contributed by atoms with van der Waals surface area (Å²) in [4.78, 5) is 13.6. The topological polar surface area (TPSA) is 53.6 Å². The Balaban J connectivity index is 2.61. The highest BCUT2D eigenvalue weighted by Crippen LogP contribution is 2.18. The van der Waals surface area contributed by atoms with Gasteiger partial charge in [0, 0.05) is 39.5 Å². The summed E-state index contributed by atoms with van der Waals surface area (Å²) < 4.78 is 5.01. The molecule has 1 amide bonds. The average Bonchev–Trinajstić information content (AvgIpc) is 2.44. The Bertz CT molecular complexity index is 410. The third-order valence-electron chi connectivity index (χ3n) is 2.96. The van der Waals surface area contributed by atoms with Crippen LogP contribution in [0.5, 0.6) is 0 Å². The first kappa shape index (κ1) is 16.5. The van der Waals surface area contributed by atoms with Crippen molar-refractivity contribution in [3.8, 4) is 0 Å². The number of carbonyl (C=O) groups is 1. The van der Waals surface area contributed by atoms with Crippen LogP contribution in [0, 0.1) is 0 Å². The van der Waals surface area contributed by atoms with E-state index in [1.54, 1.807) is 7.11 Å². The molecule has 0 fully saturated rings. The van der Waals surface area contributed by atoms with E-state index < -0.39 is 0 Å². The van der Waals surface area contributed by atoms with Crippen LogP contribution in [0.1, 0.15) is 12.5 Å². The van der Waals surface area contributed by atoms with Crippen molar-refractivity contribution in [3.63, 3.8) is 0 Å². The van der Waals surface area contributed by atoms with Gasteiger partial charge < -0.3 is 20.3 Å². The van der Waals surface area contributed by atoms with Crippen LogP contribution < -0.4 is 15.5 Å². The van der Waals surface area contributed by atoms with E-state index in [1.807, 2.05) is 37.1 Å². The average molecular weight is 279 g/mol. The molecule has 0 atom stereocenters. The summed E-state index contributed by atoms with van der Waals surface area (Å²) in [6, 6.07) is 8.11. The molecule has 0 spiro atoms. The smallest absolute Gasteiger partial charge is 0.239 e. The number of carbonyl (C=O) groups excluding carboxylic acids is 1. The van der Waals surface area contributed by atoms with E-state index in [-0.39, 0.29) is 5.91 Å². The maximum absolute atomic E-state index is 11.7. The number of nitrogens with one attached hydrogen (secondary N) is 2. The van der Waals surface area contributed by atoms with Crippen LogP contribution in [0.2, 0.25) is 0 Å². The summed E-state index contributed by atoms with van der Waals surface area (Å²) in [5.41, 5.74) is 2.25. The summed E-state index contributed by atoms with van der Waals surface area (Å²) in [6.45, 7) is 5.21. The fourth-order valence-electron chi connectivity index (χ4n) is 1.98. The fourth-order valence-corrected chi connectivity index (χ4v) is 1.98. The summed E-state index contributed by atoms with van der Waals surface area (Å²) in [5.74, 6) is 0.0390. The Kier molecular flexibility index (Phi) is 7.69. The number of para-hydroxylation sites is 1. The van der Waals surface area contributed by atoms with Crippen molar-refractivity contribution in [2.45, 2.75) is 13.5 Å². The SMILES string of the molecule is CCNC(=O)CN(C)c1ccccc1CNCCOC. The van der Waals surface area contributed by atoms with Crippen LogP contribution in [0.3, 0.4) is 0 Å². The molecule has 1 aromatic carbocycles. The van der Waals surface area contributed by atoms with Gasteiger partial charge in [-0.05, 0) is 18.6 Å². The summed E-state index contributed by atoms with van der Waals surface area (Å²) in [5, 5.41) is 6.14. The lowest BCUT2D eigenvalue weighted by Crippen LogP contribution is -2.35. The van der Waals surface area contributed by atoms with Crippen LogP contribution in [-0.4, -0.2) is 46.3 Å². The molecule has 0 radical (unpaired) electrons. The van der Waals surface area contributed by atoms with Crippen LogP contribution in [0.15, 0.2) is 24.3 Å². The largest absolute Gasteiger partial charge is 0.383 e. The molecular weight excluding hydrogens is 254 g/mol. The molecule has 5 heteroatoms. The molecule has 5 nitrogen and oxygen atoms in total. The third kappa shape index (κ3) is 5.59. The van der Waals surface area contributed by atoms with Crippen molar-refractivity contribution in [1.29, 1.82) is 0 Å². The van der Waals surface area contributed by atoms with E-state index in [9.17, 15) is 4.79 Å². The second kappa shape index (κ2) is 9.34. The number of amides is 1. The summed E-state index contributed by atoms with van der Waals surface area (Å²) in [7, 11) is 3.62. The van der Waals surface area contributed by atoms with Gasteiger partial charge in [-0.1, -0.05) is 18.2 Å². The molecule has 0 saturated carbocycles. The van der Waals surface area contributed by atoms with Crippen LogP contribution >= 0.6 is 0 Å². The van der Waals surface area contributed by atoms with Crippen molar-refractivity contribution < 1.29 is 9.53 Å². The molecule has 0 aromatic heterocycles. The van der Waals surface area contributed by atoms with Crippen molar-refractivity contribution >= 4 is 11.6 Å². The van der Waals surface area contributed by atoms with Gasteiger partial charge in [0.1, 0.15) is 0 Å². The highest BCUT2D eigenvalue weighted by Gasteiger charge is 2.10. The van der Waals surface area contributed by atoms with Crippen molar-refractivity contribution in [3.05, 3.63) is 29.8 Å². The molecule has 0 saturated heterocycles. The van der Waals surface area contributed by atoms with Gasteiger partial charge in [-0.2, -0.15) is 0 Å². The van der Waals surface area contributed by atoms with Gasteiger partial charge in [0.15, 0.2) is 0 Å². The maximum Gasteiger partial charge on any atom is 0.239 e. The minimum atomic E-state index is 0.0390. The molecular formula is C15H25N3O2. The van der Waals surface area contributed by atoms with Crippen LogP contribution in [-0.2, 0) is 16.1 Å². The fraction of sp³-hybridized carbons (Fsp3) is 0.533. The number of benzene rings is 1. The Morgan fingerprint density at radius 2 is 2.10 bits per heavy atom. The zero-order valence-corrected chi connectivity index (χ0v) is 12.6. The number of likely N-dealkylation sites (N-methyl/N-ethyl adjacent to an activating group) is 2. The summed E-state index contributed by atoms with van der Waals surface area (Å²) in [6.07, 6.45) is 0. The minimum absolute atomic E-state index is 0.0390. The number of hydrogen-bond donors (Lipinski definition) is 2. The zero-order valence-electron chi connectivity index (χ0n) is 12.6. The van der Waals surface area contributed by atoms with E-state index in [0.717, 1.165) is 18.8 Å². The van der Waals surface area contributed by atoms with Crippen molar-refractivity contribution in [2.24, 2.45) is 0 Å². The van der Waals surface area contributed by atoms with E-state index >= 15 is 0 Å². The number of methoxy groups -OCH3 is 1. The second-order valence-electron chi connectivity index (χ2n) is 4.61. The van der Waals surface area contributed by atoms with Crippen molar-refractivity contribution in [2.75, 3.05) is 45.3 Å². The minimum Gasteiger partial charge on any atom is -0.383 e. The lowest BCUT2D eigenvalue weighted by Gasteiger charge is -2.22. The number of rotatable bonds is 9. The first-order chi connectivity index (χ1) is 9.69.